The lowest BCUT2D eigenvalue weighted by atomic mass is 10.1. The third-order valence-electron chi connectivity index (χ3n) is 2.86. The van der Waals surface area contributed by atoms with Crippen LogP contribution < -0.4 is 5.32 Å². The van der Waals surface area contributed by atoms with Crippen LogP contribution >= 0.6 is 0 Å². The molecule has 94 valence electrons. The van der Waals surface area contributed by atoms with Crippen molar-refractivity contribution in [2.45, 2.75) is 31.7 Å². The van der Waals surface area contributed by atoms with Gasteiger partial charge in [-0.05, 0) is 12.8 Å². The fourth-order valence-corrected chi connectivity index (χ4v) is 2.01. The molecule has 1 aliphatic heterocycles. The van der Waals surface area contributed by atoms with Crippen molar-refractivity contribution in [1.29, 1.82) is 0 Å². The second-order valence-corrected chi connectivity index (χ2v) is 4.10. The van der Waals surface area contributed by atoms with Gasteiger partial charge in [-0.3, -0.25) is 10.1 Å². The lowest BCUT2D eigenvalue weighted by molar-refractivity contribution is -0.149. The predicted molar refractivity (Wildman–Crippen MR) is 63.3 cm³/mol. The van der Waals surface area contributed by atoms with Gasteiger partial charge in [-0.2, -0.15) is 0 Å². The lowest BCUT2D eigenvalue weighted by Crippen LogP contribution is -2.48. The molecule has 0 aromatic heterocycles. The van der Waals surface area contributed by atoms with Crippen molar-refractivity contribution >= 4 is 11.9 Å². The molecule has 0 spiro atoms. The number of nitrogens with one attached hydrogen (secondary N) is 1. The highest BCUT2D eigenvalue weighted by Crippen LogP contribution is 2.16. The maximum atomic E-state index is 11.9. The zero-order valence-electron chi connectivity index (χ0n) is 9.82. The van der Waals surface area contributed by atoms with Crippen LogP contribution in [-0.4, -0.2) is 47.6 Å². The van der Waals surface area contributed by atoms with E-state index in [1.807, 2.05) is 0 Å². The summed E-state index contributed by atoms with van der Waals surface area (Å²) in [5, 5.41) is 11.9. The van der Waals surface area contributed by atoms with Crippen molar-refractivity contribution in [3.05, 3.63) is 0 Å². The van der Waals surface area contributed by atoms with Crippen LogP contribution in [0.25, 0.3) is 0 Å². The van der Waals surface area contributed by atoms with Crippen molar-refractivity contribution in [3.8, 4) is 12.3 Å². The van der Waals surface area contributed by atoms with Crippen LogP contribution in [0.1, 0.15) is 25.7 Å². The van der Waals surface area contributed by atoms with E-state index >= 15 is 0 Å². The van der Waals surface area contributed by atoms with Crippen LogP contribution in [-0.2, 0) is 9.59 Å². The van der Waals surface area contributed by atoms with Crippen LogP contribution in [0.2, 0.25) is 0 Å². The van der Waals surface area contributed by atoms with E-state index in [2.05, 4.69) is 11.2 Å². The normalized spacial score (nSPS) is 20.4. The number of terminal acetylenes is 1. The van der Waals surface area contributed by atoms with Gasteiger partial charge in [0.05, 0.1) is 13.1 Å². The van der Waals surface area contributed by atoms with E-state index < -0.39 is 12.0 Å². The molecular weight excluding hydrogens is 220 g/mol. The molecule has 1 fully saturated rings. The summed E-state index contributed by atoms with van der Waals surface area (Å²) in [6.07, 6.45) is 8.30. The van der Waals surface area contributed by atoms with E-state index in [1.54, 1.807) is 0 Å². The van der Waals surface area contributed by atoms with Gasteiger partial charge in [0.25, 0.3) is 0 Å². The standard InChI is InChI=1S/C12H18N2O3/c1-2-7-13-9-11(15)14-8-5-3-4-6-10(14)12(16)17/h1,10,13H,3-9H2,(H,16,17). The summed E-state index contributed by atoms with van der Waals surface area (Å²) in [5.41, 5.74) is 0. The van der Waals surface area contributed by atoms with Gasteiger partial charge in [0.15, 0.2) is 0 Å². The van der Waals surface area contributed by atoms with E-state index in [0.29, 0.717) is 19.5 Å². The van der Waals surface area contributed by atoms with Crippen LogP contribution in [0, 0.1) is 12.3 Å². The van der Waals surface area contributed by atoms with Gasteiger partial charge in [0.2, 0.25) is 5.91 Å². The molecule has 0 aromatic rings. The van der Waals surface area contributed by atoms with Crippen molar-refractivity contribution in [3.63, 3.8) is 0 Å². The second kappa shape index (κ2) is 6.92. The first-order valence-electron chi connectivity index (χ1n) is 5.83. The smallest absolute Gasteiger partial charge is 0.326 e. The number of hydrogen-bond acceptors (Lipinski definition) is 3. The van der Waals surface area contributed by atoms with Crippen molar-refractivity contribution < 1.29 is 14.7 Å². The minimum atomic E-state index is -0.919. The predicted octanol–water partition coefficient (Wildman–Crippen LogP) is 0.0650. The average molecular weight is 238 g/mol. The zero-order chi connectivity index (χ0) is 12.7. The van der Waals surface area contributed by atoms with E-state index in [9.17, 15) is 9.59 Å². The first-order chi connectivity index (χ1) is 8.16. The maximum Gasteiger partial charge on any atom is 0.326 e. The van der Waals surface area contributed by atoms with Crippen LogP contribution in [0.15, 0.2) is 0 Å². The van der Waals surface area contributed by atoms with Crippen LogP contribution in [0.4, 0.5) is 0 Å². The Morgan fingerprint density at radius 1 is 1.41 bits per heavy atom. The molecule has 5 nitrogen and oxygen atoms in total. The fraction of sp³-hybridized carbons (Fsp3) is 0.667. The molecule has 1 saturated heterocycles. The Hall–Kier alpha value is -1.54. The Bertz CT molecular complexity index is 322. The lowest BCUT2D eigenvalue weighted by Gasteiger charge is -2.26. The largest absolute Gasteiger partial charge is 0.480 e. The topological polar surface area (TPSA) is 69.6 Å². The summed E-state index contributed by atoms with van der Waals surface area (Å²) >= 11 is 0. The van der Waals surface area contributed by atoms with Crippen LogP contribution in [0.5, 0.6) is 0 Å². The highest BCUT2D eigenvalue weighted by atomic mass is 16.4. The molecule has 0 saturated carbocycles. The molecule has 1 rings (SSSR count). The monoisotopic (exact) mass is 238 g/mol. The number of nitrogens with zero attached hydrogens (tertiary/aromatic N) is 1. The fourth-order valence-electron chi connectivity index (χ4n) is 2.01. The van der Waals surface area contributed by atoms with Crippen molar-refractivity contribution in [2.24, 2.45) is 0 Å². The van der Waals surface area contributed by atoms with Gasteiger partial charge < -0.3 is 10.0 Å². The van der Waals surface area contributed by atoms with Gasteiger partial charge >= 0.3 is 5.97 Å². The maximum absolute atomic E-state index is 11.9. The van der Waals surface area contributed by atoms with Gasteiger partial charge in [0, 0.05) is 6.54 Å². The number of hydrogen-bond donors (Lipinski definition) is 2. The number of likely N-dealkylation sites (tertiary alicyclic amines) is 1. The highest BCUT2D eigenvalue weighted by molar-refractivity contribution is 5.84. The first-order valence-corrected chi connectivity index (χ1v) is 5.83. The third kappa shape index (κ3) is 4.08. The van der Waals surface area contributed by atoms with Gasteiger partial charge in [-0.15, -0.1) is 6.42 Å². The number of carboxylic acids is 1. The summed E-state index contributed by atoms with van der Waals surface area (Å²) in [4.78, 5) is 24.4. The Morgan fingerprint density at radius 3 is 2.82 bits per heavy atom. The summed E-state index contributed by atoms with van der Waals surface area (Å²) in [7, 11) is 0. The zero-order valence-corrected chi connectivity index (χ0v) is 9.82. The number of amides is 1. The Labute approximate surface area is 101 Å². The summed E-state index contributed by atoms with van der Waals surface area (Å²) in [6, 6.07) is -0.683. The van der Waals surface area contributed by atoms with E-state index in [-0.39, 0.29) is 12.5 Å². The summed E-state index contributed by atoms with van der Waals surface area (Å²) in [5.74, 6) is 1.27. The number of carbonyl (C=O) groups excluding carboxylic acids is 1. The molecule has 1 unspecified atom stereocenters. The Morgan fingerprint density at radius 2 is 2.18 bits per heavy atom. The van der Waals surface area contributed by atoms with Crippen LogP contribution in [0.3, 0.4) is 0 Å². The second-order valence-electron chi connectivity index (χ2n) is 4.10. The van der Waals surface area contributed by atoms with Gasteiger partial charge in [-0.1, -0.05) is 18.8 Å². The van der Waals surface area contributed by atoms with E-state index in [0.717, 1.165) is 19.3 Å². The van der Waals surface area contributed by atoms with Crippen molar-refractivity contribution in [2.75, 3.05) is 19.6 Å². The number of carbonyl (C=O) groups is 2. The molecule has 0 aliphatic carbocycles. The molecule has 17 heavy (non-hydrogen) atoms. The number of aliphatic carboxylic acids is 1. The molecule has 1 heterocycles. The molecule has 1 amide bonds. The molecule has 1 aliphatic rings. The molecule has 2 N–H and O–H groups in total. The highest BCUT2D eigenvalue weighted by Gasteiger charge is 2.30. The number of rotatable bonds is 4. The molecule has 1 atom stereocenters. The summed E-state index contributed by atoms with van der Waals surface area (Å²) in [6.45, 7) is 0.943. The van der Waals surface area contributed by atoms with Crippen molar-refractivity contribution in [1.82, 2.24) is 10.2 Å². The minimum absolute atomic E-state index is 0.105. The van der Waals surface area contributed by atoms with E-state index in [1.165, 1.54) is 4.90 Å². The first kappa shape index (κ1) is 13.5. The summed E-state index contributed by atoms with van der Waals surface area (Å²) < 4.78 is 0. The molecule has 0 radical (unpaired) electrons. The molecule has 0 aromatic carbocycles. The van der Waals surface area contributed by atoms with E-state index in [4.69, 9.17) is 11.5 Å². The Kier molecular flexibility index (Phi) is 5.50. The average Bonchev–Trinajstić information content (AvgIpc) is 2.54. The molecular formula is C12H18N2O3. The third-order valence-corrected chi connectivity index (χ3v) is 2.86. The SMILES string of the molecule is C#CCNCC(=O)N1CCCCCC1C(=O)O. The Balaban J connectivity index is 2.59. The molecule has 0 bridgehead atoms. The minimum Gasteiger partial charge on any atom is -0.480 e. The number of carboxylic acid groups (broad SMARTS) is 1. The van der Waals surface area contributed by atoms with Gasteiger partial charge in [-0.25, -0.2) is 4.79 Å². The quantitative estimate of drug-likeness (QED) is 0.537. The van der Waals surface area contributed by atoms with Gasteiger partial charge in [0.1, 0.15) is 6.04 Å². The molecule has 5 heteroatoms.